The number of hydrogen-bond donors (Lipinski definition) is 0. The number of benzene rings is 1. The van der Waals surface area contributed by atoms with Gasteiger partial charge in [-0.1, -0.05) is 51.1 Å². The summed E-state index contributed by atoms with van der Waals surface area (Å²) in [5.74, 6) is 2.16. The van der Waals surface area contributed by atoms with Crippen LogP contribution in [0.25, 0.3) is 0 Å². The molecule has 0 amide bonds. The van der Waals surface area contributed by atoms with Crippen LogP contribution in [-0.4, -0.2) is 11.3 Å². The highest BCUT2D eigenvalue weighted by Crippen LogP contribution is 2.62. The third-order valence-electron chi connectivity index (χ3n) is 5.92. The summed E-state index contributed by atoms with van der Waals surface area (Å²) in [6, 6.07) is 11.6. The van der Waals surface area contributed by atoms with E-state index in [9.17, 15) is 0 Å². The number of rotatable bonds is 1. The van der Waals surface area contributed by atoms with Gasteiger partial charge in [-0.25, -0.2) is 0 Å². The van der Waals surface area contributed by atoms with Crippen molar-refractivity contribution in [3.63, 3.8) is 0 Å². The predicted octanol–water partition coefficient (Wildman–Crippen LogP) is 4.93. The highest BCUT2D eigenvalue weighted by atomic mass is 31.1. The van der Waals surface area contributed by atoms with Crippen LogP contribution < -0.4 is 5.30 Å². The van der Waals surface area contributed by atoms with E-state index in [1.807, 2.05) is 0 Å². The average Bonchev–Trinajstić information content (AvgIpc) is 3.07. The molecule has 3 aliphatic rings. The molecule has 4 atom stereocenters. The Morgan fingerprint density at radius 3 is 1.84 bits per heavy atom. The van der Waals surface area contributed by atoms with Gasteiger partial charge in [-0.3, -0.25) is 0 Å². The number of fused-ring (bicyclic) bond motifs is 2. The van der Waals surface area contributed by atoms with Gasteiger partial charge in [-0.15, -0.1) is 0 Å². The summed E-state index contributed by atoms with van der Waals surface area (Å²) < 4.78 is 0. The molecular formula is C18H25P. The van der Waals surface area contributed by atoms with Crippen LogP contribution in [0.2, 0.25) is 0 Å². The van der Waals surface area contributed by atoms with Crippen molar-refractivity contribution in [2.75, 3.05) is 0 Å². The zero-order chi connectivity index (χ0) is 12.7. The third kappa shape index (κ3) is 2.17. The van der Waals surface area contributed by atoms with Crippen molar-refractivity contribution in [1.82, 2.24) is 0 Å². The minimum Gasteiger partial charge on any atom is -0.0684 e. The van der Waals surface area contributed by atoms with Gasteiger partial charge in [0.2, 0.25) is 0 Å². The fraction of sp³-hybridized carbons (Fsp3) is 0.667. The molecule has 0 aromatic heterocycles. The first kappa shape index (κ1) is 12.4. The van der Waals surface area contributed by atoms with E-state index in [2.05, 4.69) is 30.3 Å². The van der Waals surface area contributed by atoms with Gasteiger partial charge in [0.05, 0.1) is 0 Å². The largest absolute Gasteiger partial charge is 0.0684 e. The fourth-order valence-corrected chi connectivity index (χ4v) is 9.30. The Labute approximate surface area is 118 Å². The molecule has 0 N–H and O–H groups in total. The summed E-state index contributed by atoms with van der Waals surface area (Å²) in [4.78, 5) is 0. The van der Waals surface area contributed by atoms with E-state index >= 15 is 0 Å². The lowest BCUT2D eigenvalue weighted by atomic mass is 9.94. The average molecular weight is 272 g/mol. The minimum absolute atomic E-state index is 0.126. The van der Waals surface area contributed by atoms with Gasteiger partial charge in [0.1, 0.15) is 0 Å². The highest BCUT2D eigenvalue weighted by Gasteiger charge is 2.45. The van der Waals surface area contributed by atoms with E-state index in [1.165, 1.54) is 38.5 Å². The highest BCUT2D eigenvalue weighted by molar-refractivity contribution is 7.67. The van der Waals surface area contributed by atoms with E-state index in [0.29, 0.717) is 0 Å². The third-order valence-corrected chi connectivity index (χ3v) is 9.60. The molecular weight excluding hydrogens is 247 g/mol. The van der Waals surface area contributed by atoms with Crippen molar-refractivity contribution in [3.8, 4) is 0 Å². The van der Waals surface area contributed by atoms with Crippen molar-refractivity contribution in [3.05, 3.63) is 30.3 Å². The molecule has 4 unspecified atom stereocenters. The minimum atomic E-state index is 0.126. The van der Waals surface area contributed by atoms with Crippen LogP contribution >= 0.6 is 7.92 Å². The Morgan fingerprint density at radius 1 is 0.684 bits per heavy atom. The predicted molar refractivity (Wildman–Crippen MR) is 84.5 cm³/mol. The Hall–Kier alpha value is -0.350. The summed E-state index contributed by atoms with van der Waals surface area (Å²) in [7, 11) is 0.126. The zero-order valence-corrected chi connectivity index (χ0v) is 12.7. The molecule has 3 fully saturated rings. The van der Waals surface area contributed by atoms with Gasteiger partial charge in [0.25, 0.3) is 0 Å². The summed E-state index contributed by atoms with van der Waals surface area (Å²) in [6.07, 6.45) is 12.3. The van der Waals surface area contributed by atoms with Crippen molar-refractivity contribution < 1.29 is 0 Å². The maximum atomic E-state index is 2.45. The summed E-state index contributed by atoms with van der Waals surface area (Å²) in [5, 5.41) is 1.73. The van der Waals surface area contributed by atoms with E-state index in [0.717, 1.165) is 23.2 Å². The van der Waals surface area contributed by atoms with E-state index in [1.54, 1.807) is 18.1 Å². The van der Waals surface area contributed by atoms with Crippen LogP contribution in [0.1, 0.15) is 51.4 Å². The molecule has 1 heteroatoms. The lowest BCUT2D eigenvalue weighted by molar-refractivity contribution is 0.427. The maximum Gasteiger partial charge on any atom is -0.0138 e. The second kappa shape index (κ2) is 5.21. The van der Waals surface area contributed by atoms with Crippen molar-refractivity contribution in [1.29, 1.82) is 0 Å². The first-order valence-electron chi connectivity index (χ1n) is 8.27. The van der Waals surface area contributed by atoms with Crippen LogP contribution in [0.5, 0.6) is 0 Å². The van der Waals surface area contributed by atoms with Crippen molar-refractivity contribution >= 4 is 13.2 Å². The molecule has 0 spiro atoms. The number of hydrogen-bond acceptors (Lipinski definition) is 0. The van der Waals surface area contributed by atoms with Crippen LogP contribution in [0.4, 0.5) is 0 Å². The molecule has 2 aliphatic carbocycles. The van der Waals surface area contributed by atoms with E-state index < -0.39 is 0 Å². The quantitative estimate of drug-likeness (QED) is 0.636. The van der Waals surface area contributed by atoms with Crippen LogP contribution in [0.15, 0.2) is 30.3 Å². The maximum absolute atomic E-state index is 2.45. The second-order valence-corrected chi connectivity index (χ2v) is 9.49. The molecule has 0 bridgehead atoms. The summed E-state index contributed by atoms with van der Waals surface area (Å²) in [5.41, 5.74) is 2.15. The molecule has 1 heterocycles. The van der Waals surface area contributed by atoms with Gasteiger partial charge < -0.3 is 0 Å². The fourth-order valence-electron chi connectivity index (χ4n) is 5.10. The topological polar surface area (TPSA) is 0 Å². The Kier molecular flexibility index (Phi) is 3.40. The summed E-state index contributed by atoms with van der Waals surface area (Å²) >= 11 is 0. The van der Waals surface area contributed by atoms with E-state index in [4.69, 9.17) is 0 Å². The Balaban J connectivity index is 1.73. The molecule has 1 aliphatic heterocycles. The molecule has 2 saturated carbocycles. The normalized spacial score (nSPS) is 41.6. The molecule has 0 nitrogen and oxygen atoms in total. The first-order chi connectivity index (χ1) is 9.43. The lowest BCUT2D eigenvalue weighted by Crippen LogP contribution is -2.23. The molecule has 102 valence electrons. The van der Waals surface area contributed by atoms with Gasteiger partial charge in [-0.2, -0.15) is 0 Å². The molecule has 0 radical (unpaired) electrons. The van der Waals surface area contributed by atoms with E-state index in [-0.39, 0.29) is 7.92 Å². The zero-order valence-electron chi connectivity index (χ0n) is 11.8. The lowest BCUT2D eigenvalue weighted by Gasteiger charge is -2.33. The first-order valence-corrected chi connectivity index (χ1v) is 9.75. The monoisotopic (exact) mass is 272 g/mol. The smallest absolute Gasteiger partial charge is 0.0138 e. The van der Waals surface area contributed by atoms with Crippen LogP contribution in [-0.2, 0) is 0 Å². The SMILES string of the molecule is c1ccc(P2C3CCCC3CCC3CCCC32)cc1. The standard InChI is InChI=1S/C18H25P/c1-2-8-16(9-3-1)19-17-10-4-6-14(17)12-13-15-7-5-11-18(15)19/h1-3,8-9,14-15,17-18H,4-7,10-13H2. The van der Waals surface area contributed by atoms with Crippen molar-refractivity contribution in [2.45, 2.75) is 62.7 Å². The molecule has 19 heavy (non-hydrogen) atoms. The Bertz CT molecular complexity index is 405. The van der Waals surface area contributed by atoms with Crippen LogP contribution in [0.3, 0.4) is 0 Å². The van der Waals surface area contributed by atoms with Gasteiger partial charge in [-0.05, 0) is 67.0 Å². The Morgan fingerprint density at radius 2 is 1.26 bits per heavy atom. The molecule has 1 saturated heterocycles. The molecule has 1 aromatic carbocycles. The van der Waals surface area contributed by atoms with Gasteiger partial charge >= 0.3 is 0 Å². The van der Waals surface area contributed by atoms with Crippen LogP contribution in [0, 0.1) is 11.8 Å². The molecule has 1 aromatic rings. The second-order valence-electron chi connectivity index (χ2n) is 6.84. The van der Waals surface area contributed by atoms with Gasteiger partial charge in [0.15, 0.2) is 0 Å². The summed E-state index contributed by atoms with van der Waals surface area (Å²) in [6.45, 7) is 0. The van der Waals surface area contributed by atoms with Crippen molar-refractivity contribution in [2.24, 2.45) is 11.8 Å². The molecule has 4 rings (SSSR count). The van der Waals surface area contributed by atoms with Gasteiger partial charge in [0, 0.05) is 0 Å².